The van der Waals surface area contributed by atoms with Crippen LogP contribution in [0.5, 0.6) is 0 Å². The lowest BCUT2D eigenvalue weighted by Crippen LogP contribution is -2.16. The van der Waals surface area contributed by atoms with Gasteiger partial charge in [-0.05, 0) is 43.4 Å². The van der Waals surface area contributed by atoms with Gasteiger partial charge in [-0.25, -0.2) is 0 Å². The zero-order chi connectivity index (χ0) is 11.1. The first-order valence-corrected chi connectivity index (χ1v) is 5.72. The average molecular weight is 208 g/mol. The van der Waals surface area contributed by atoms with E-state index in [9.17, 15) is 0 Å². The summed E-state index contributed by atoms with van der Waals surface area (Å²) in [4.78, 5) is 0. The van der Waals surface area contributed by atoms with Crippen molar-refractivity contribution in [2.75, 3.05) is 6.61 Å². The van der Waals surface area contributed by atoms with Crippen molar-refractivity contribution in [3.05, 3.63) is 11.8 Å². The van der Waals surface area contributed by atoms with Crippen LogP contribution in [0.2, 0.25) is 0 Å². The molecule has 2 unspecified atom stereocenters. The second-order valence-corrected chi connectivity index (χ2v) is 4.31. The first-order chi connectivity index (χ1) is 7.31. The number of allylic oxidation sites excluding steroid dienone is 1. The van der Waals surface area contributed by atoms with E-state index in [-0.39, 0.29) is 5.92 Å². The Morgan fingerprint density at radius 1 is 1.47 bits per heavy atom. The van der Waals surface area contributed by atoms with Crippen molar-refractivity contribution < 1.29 is 4.65 Å². The molecule has 1 saturated carbocycles. The van der Waals surface area contributed by atoms with Gasteiger partial charge in [0.05, 0.1) is 0 Å². The lowest BCUT2D eigenvalue weighted by atomic mass is 9.83. The molecule has 0 aromatic carbocycles. The maximum absolute atomic E-state index is 7.38. The van der Waals surface area contributed by atoms with Crippen LogP contribution in [-0.2, 0) is 4.65 Å². The highest BCUT2D eigenvalue weighted by atomic mass is 16.4. The fraction of sp³-hybridized carbons (Fsp3) is 0.727. The molecular weight excluding hydrogens is 187 g/mol. The normalized spacial score (nSPS) is 30.8. The molecule has 1 aliphatic carbocycles. The standard InChI is InChI=1S/C11H21BN2O/c12-15-8-9-2-1-3-10(6-13)11(7-14)5-4-9/h6-7,9-10,13H,1-5,8,12,14H2/b11-7-,13-6?. The largest absolute Gasteiger partial charge is 0.444 e. The predicted octanol–water partition coefficient (Wildman–Crippen LogP) is 1.24. The van der Waals surface area contributed by atoms with Gasteiger partial charge in [0.25, 0.3) is 8.05 Å². The summed E-state index contributed by atoms with van der Waals surface area (Å²) < 4.78 is 5.20. The van der Waals surface area contributed by atoms with Crippen LogP contribution in [-0.4, -0.2) is 20.9 Å². The Kier molecular flexibility index (Phi) is 5.47. The van der Waals surface area contributed by atoms with Gasteiger partial charge in [-0.1, -0.05) is 6.42 Å². The fourth-order valence-electron chi connectivity index (χ4n) is 2.31. The molecule has 3 nitrogen and oxygen atoms in total. The lowest BCUT2D eigenvalue weighted by Gasteiger charge is -2.24. The summed E-state index contributed by atoms with van der Waals surface area (Å²) in [6.45, 7) is 0.854. The van der Waals surface area contributed by atoms with Crippen LogP contribution in [0, 0.1) is 17.2 Å². The van der Waals surface area contributed by atoms with Crippen molar-refractivity contribution in [2.24, 2.45) is 17.6 Å². The molecule has 4 heteroatoms. The van der Waals surface area contributed by atoms with E-state index in [1.807, 2.05) is 0 Å². The Hall–Kier alpha value is -0.765. The molecule has 1 rings (SSSR count). The second-order valence-electron chi connectivity index (χ2n) is 4.31. The molecule has 0 radical (unpaired) electrons. The first-order valence-electron chi connectivity index (χ1n) is 5.72. The molecule has 0 aromatic rings. The molecule has 84 valence electrons. The molecule has 0 aliphatic heterocycles. The molecule has 15 heavy (non-hydrogen) atoms. The topological polar surface area (TPSA) is 59.1 Å². The van der Waals surface area contributed by atoms with Crippen LogP contribution in [0.15, 0.2) is 11.8 Å². The third-order valence-electron chi connectivity index (χ3n) is 3.26. The molecular formula is C11H21BN2O. The summed E-state index contributed by atoms with van der Waals surface area (Å²) >= 11 is 0. The minimum atomic E-state index is 0.276. The molecule has 1 aliphatic rings. The highest BCUT2D eigenvalue weighted by molar-refractivity contribution is 5.97. The van der Waals surface area contributed by atoms with E-state index >= 15 is 0 Å². The van der Waals surface area contributed by atoms with E-state index in [1.165, 1.54) is 24.6 Å². The van der Waals surface area contributed by atoms with Gasteiger partial charge in [-0.2, -0.15) is 0 Å². The molecule has 0 aromatic heterocycles. The van der Waals surface area contributed by atoms with E-state index in [2.05, 4.69) is 0 Å². The zero-order valence-electron chi connectivity index (χ0n) is 9.54. The molecule has 1 fully saturated rings. The van der Waals surface area contributed by atoms with Crippen LogP contribution in [0.3, 0.4) is 0 Å². The summed E-state index contributed by atoms with van der Waals surface area (Å²) in [5.41, 5.74) is 6.84. The highest BCUT2D eigenvalue weighted by Crippen LogP contribution is 2.28. The van der Waals surface area contributed by atoms with Gasteiger partial charge in [0.15, 0.2) is 0 Å². The number of hydrogen-bond acceptors (Lipinski definition) is 3. The molecule has 0 bridgehead atoms. The molecule has 0 amide bonds. The summed E-state index contributed by atoms with van der Waals surface area (Å²) in [5, 5.41) is 7.38. The number of rotatable bonds is 3. The van der Waals surface area contributed by atoms with Crippen molar-refractivity contribution in [3.8, 4) is 0 Å². The first kappa shape index (κ1) is 12.3. The van der Waals surface area contributed by atoms with Crippen molar-refractivity contribution >= 4 is 14.3 Å². The molecule has 0 heterocycles. The minimum absolute atomic E-state index is 0.276. The van der Waals surface area contributed by atoms with Crippen LogP contribution >= 0.6 is 0 Å². The van der Waals surface area contributed by atoms with E-state index < -0.39 is 0 Å². The van der Waals surface area contributed by atoms with Crippen LogP contribution in [0.1, 0.15) is 32.1 Å². The lowest BCUT2D eigenvalue weighted by molar-refractivity contribution is 0.238. The molecule has 3 N–H and O–H groups in total. The second kappa shape index (κ2) is 6.67. The highest BCUT2D eigenvalue weighted by Gasteiger charge is 2.18. The summed E-state index contributed by atoms with van der Waals surface area (Å²) in [7, 11) is 1.76. The SMILES string of the molecule is BOCC1CCCC(C=N)/C(=C\N)CC1. The Bertz CT molecular complexity index is 231. The van der Waals surface area contributed by atoms with Gasteiger partial charge in [0.2, 0.25) is 0 Å². The Labute approximate surface area is 93.0 Å². The monoisotopic (exact) mass is 208 g/mol. The maximum Gasteiger partial charge on any atom is 0.257 e. The molecule has 0 spiro atoms. The quantitative estimate of drug-likeness (QED) is 0.541. The van der Waals surface area contributed by atoms with Crippen LogP contribution in [0.25, 0.3) is 0 Å². The van der Waals surface area contributed by atoms with Crippen molar-refractivity contribution in [1.82, 2.24) is 0 Å². The van der Waals surface area contributed by atoms with E-state index in [1.54, 1.807) is 14.2 Å². The smallest absolute Gasteiger partial charge is 0.257 e. The van der Waals surface area contributed by atoms with Gasteiger partial charge in [-0.15, -0.1) is 0 Å². The van der Waals surface area contributed by atoms with E-state index in [0.29, 0.717) is 5.92 Å². The maximum atomic E-state index is 7.38. The third-order valence-corrected chi connectivity index (χ3v) is 3.26. The summed E-state index contributed by atoms with van der Waals surface area (Å²) in [5.74, 6) is 0.940. The summed E-state index contributed by atoms with van der Waals surface area (Å²) in [6, 6.07) is 0. The van der Waals surface area contributed by atoms with Crippen molar-refractivity contribution in [3.63, 3.8) is 0 Å². The van der Waals surface area contributed by atoms with Gasteiger partial charge in [0, 0.05) is 18.7 Å². The third kappa shape index (κ3) is 3.70. The molecule has 2 atom stereocenters. The van der Waals surface area contributed by atoms with Crippen LogP contribution < -0.4 is 5.73 Å². The number of nitrogens with two attached hydrogens (primary N) is 1. The Balaban J connectivity index is 2.54. The molecule has 0 saturated heterocycles. The Morgan fingerprint density at radius 2 is 2.27 bits per heavy atom. The van der Waals surface area contributed by atoms with Gasteiger partial charge < -0.3 is 15.8 Å². The van der Waals surface area contributed by atoms with Crippen molar-refractivity contribution in [2.45, 2.75) is 32.1 Å². The van der Waals surface area contributed by atoms with Crippen molar-refractivity contribution in [1.29, 1.82) is 5.41 Å². The summed E-state index contributed by atoms with van der Waals surface area (Å²) in [6.07, 6.45) is 8.85. The zero-order valence-corrected chi connectivity index (χ0v) is 9.54. The Morgan fingerprint density at radius 3 is 2.87 bits per heavy atom. The number of nitrogens with one attached hydrogen (secondary N) is 1. The fourth-order valence-corrected chi connectivity index (χ4v) is 2.31. The van der Waals surface area contributed by atoms with Gasteiger partial charge in [-0.3, -0.25) is 0 Å². The predicted molar refractivity (Wildman–Crippen MR) is 65.6 cm³/mol. The average Bonchev–Trinajstić information content (AvgIpc) is 2.23. The van der Waals surface area contributed by atoms with Gasteiger partial charge >= 0.3 is 0 Å². The van der Waals surface area contributed by atoms with Gasteiger partial charge in [0.1, 0.15) is 0 Å². The van der Waals surface area contributed by atoms with E-state index in [4.69, 9.17) is 15.8 Å². The van der Waals surface area contributed by atoms with Crippen LogP contribution in [0.4, 0.5) is 0 Å². The van der Waals surface area contributed by atoms with E-state index in [0.717, 1.165) is 25.9 Å². The minimum Gasteiger partial charge on any atom is -0.444 e. The number of hydrogen-bond donors (Lipinski definition) is 2.